The van der Waals surface area contributed by atoms with Crippen molar-refractivity contribution in [2.24, 2.45) is 5.73 Å². The number of carbonyl (C=O) groups excluding carboxylic acids is 1. The lowest BCUT2D eigenvalue weighted by atomic mass is 9.97. The summed E-state index contributed by atoms with van der Waals surface area (Å²) in [6.45, 7) is 1.68. The Labute approximate surface area is 69.8 Å². The van der Waals surface area contributed by atoms with Crippen LogP contribution in [0, 0.1) is 0 Å². The molecule has 0 saturated carbocycles. The summed E-state index contributed by atoms with van der Waals surface area (Å²) in [6.07, 6.45) is 1.63. The van der Waals surface area contributed by atoms with Gasteiger partial charge in [0, 0.05) is 11.8 Å². The molecule has 2 rings (SSSR count). The molecule has 1 aromatic heterocycles. The molecule has 0 fully saturated rings. The zero-order valence-corrected chi connectivity index (χ0v) is 6.66. The second-order valence-corrected chi connectivity index (χ2v) is 3.06. The molecular formula is C8H9N3O. The van der Waals surface area contributed by atoms with Gasteiger partial charge < -0.3 is 11.1 Å². The molecule has 4 heteroatoms. The van der Waals surface area contributed by atoms with Crippen molar-refractivity contribution in [2.75, 3.05) is 5.32 Å². The van der Waals surface area contributed by atoms with Crippen molar-refractivity contribution in [2.45, 2.75) is 12.5 Å². The Kier molecular flexibility index (Phi) is 1.23. The fourth-order valence-corrected chi connectivity index (χ4v) is 1.28. The van der Waals surface area contributed by atoms with Crippen LogP contribution in [-0.4, -0.2) is 10.9 Å². The van der Waals surface area contributed by atoms with Gasteiger partial charge in [0.2, 0.25) is 5.91 Å². The van der Waals surface area contributed by atoms with E-state index in [1.807, 2.05) is 0 Å². The Morgan fingerprint density at radius 3 is 3.08 bits per heavy atom. The summed E-state index contributed by atoms with van der Waals surface area (Å²) in [5.74, 6) is 0.378. The smallest absolute Gasteiger partial charge is 0.250 e. The minimum Gasteiger partial charge on any atom is -0.314 e. The van der Waals surface area contributed by atoms with E-state index in [-0.39, 0.29) is 5.91 Å². The second-order valence-electron chi connectivity index (χ2n) is 3.06. The molecule has 1 amide bonds. The van der Waals surface area contributed by atoms with E-state index < -0.39 is 5.54 Å². The molecule has 2 heterocycles. The van der Waals surface area contributed by atoms with E-state index in [4.69, 9.17) is 5.73 Å². The van der Waals surface area contributed by atoms with Gasteiger partial charge >= 0.3 is 0 Å². The molecule has 0 radical (unpaired) electrons. The number of hydrogen-bond acceptors (Lipinski definition) is 3. The third kappa shape index (κ3) is 0.753. The zero-order chi connectivity index (χ0) is 8.77. The second kappa shape index (κ2) is 2.04. The number of nitrogens with one attached hydrogen (secondary N) is 1. The average Bonchev–Trinajstić information content (AvgIpc) is 2.25. The Morgan fingerprint density at radius 2 is 2.42 bits per heavy atom. The minimum atomic E-state index is -0.927. The molecule has 1 aliphatic rings. The number of carbonyl (C=O) groups is 1. The lowest BCUT2D eigenvalue weighted by Gasteiger charge is -2.13. The Hall–Kier alpha value is -1.42. The number of rotatable bonds is 0. The van der Waals surface area contributed by atoms with Gasteiger partial charge in [0.25, 0.3) is 0 Å². The van der Waals surface area contributed by atoms with Crippen LogP contribution in [0.25, 0.3) is 0 Å². The molecule has 0 aromatic carbocycles. The Balaban J connectivity index is 2.63. The summed E-state index contributed by atoms with van der Waals surface area (Å²) in [5, 5.41) is 2.61. The minimum absolute atomic E-state index is 0.198. The van der Waals surface area contributed by atoms with Crippen LogP contribution < -0.4 is 11.1 Å². The van der Waals surface area contributed by atoms with E-state index in [2.05, 4.69) is 10.3 Å². The molecule has 1 atom stereocenters. The van der Waals surface area contributed by atoms with Gasteiger partial charge in [-0.2, -0.15) is 0 Å². The first kappa shape index (κ1) is 7.24. The molecule has 0 aliphatic carbocycles. The van der Waals surface area contributed by atoms with Crippen LogP contribution in [0.15, 0.2) is 18.3 Å². The number of aromatic nitrogens is 1. The fraction of sp³-hybridized carbons (Fsp3) is 0.250. The van der Waals surface area contributed by atoms with Gasteiger partial charge in [-0.1, -0.05) is 6.07 Å². The molecule has 0 spiro atoms. The van der Waals surface area contributed by atoms with Crippen molar-refractivity contribution in [3.8, 4) is 0 Å². The van der Waals surface area contributed by atoms with Crippen molar-refractivity contribution >= 4 is 11.7 Å². The van der Waals surface area contributed by atoms with Crippen molar-refractivity contribution in [1.82, 2.24) is 4.98 Å². The van der Waals surface area contributed by atoms with Crippen LogP contribution in [0.4, 0.5) is 5.82 Å². The maximum atomic E-state index is 11.3. The summed E-state index contributed by atoms with van der Waals surface area (Å²) in [5.41, 5.74) is 5.61. The molecule has 12 heavy (non-hydrogen) atoms. The van der Waals surface area contributed by atoms with E-state index in [0.29, 0.717) is 5.82 Å². The van der Waals surface area contributed by atoms with Gasteiger partial charge in [-0.05, 0) is 13.0 Å². The first-order valence-corrected chi connectivity index (χ1v) is 3.68. The Bertz CT molecular complexity index is 346. The van der Waals surface area contributed by atoms with Crippen molar-refractivity contribution in [3.63, 3.8) is 0 Å². The highest BCUT2D eigenvalue weighted by molar-refractivity contribution is 6.04. The monoisotopic (exact) mass is 163 g/mol. The quantitative estimate of drug-likeness (QED) is 0.574. The summed E-state index contributed by atoms with van der Waals surface area (Å²) in [7, 11) is 0. The van der Waals surface area contributed by atoms with Crippen LogP contribution >= 0.6 is 0 Å². The van der Waals surface area contributed by atoms with Gasteiger partial charge in [-0.15, -0.1) is 0 Å². The van der Waals surface area contributed by atoms with E-state index in [0.717, 1.165) is 5.56 Å². The topological polar surface area (TPSA) is 68.0 Å². The lowest BCUT2D eigenvalue weighted by Crippen LogP contribution is -2.40. The van der Waals surface area contributed by atoms with Crippen LogP contribution in [-0.2, 0) is 10.3 Å². The van der Waals surface area contributed by atoms with Crippen molar-refractivity contribution in [1.29, 1.82) is 0 Å². The molecule has 4 nitrogen and oxygen atoms in total. The molecule has 1 aliphatic heterocycles. The number of amides is 1. The predicted molar refractivity (Wildman–Crippen MR) is 44.4 cm³/mol. The molecule has 0 saturated heterocycles. The molecule has 0 bridgehead atoms. The number of fused-ring (bicyclic) bond motifs is 1. The van der Waals surface area contributed by atoms with Gasteiger partial charge in [-0.3, -0.25) is 4.79 Å². The Morgan fingerprint density at radius 1 is 1.67 bits per heavy atom. The summed E-state index contributed by atoms with van der Waals surface area (Å²) in [6, 6.07) is 3.57. The largest absolute Gasteiger partial charge is 0.314 e. The molecule has 1 aromatic rings. The number of anilines is 1. The molecular weight excluding hydrogens is 154 g/mol. The summed E-state index contributed by atoms with van der Waals surface area (Å²) >= 11 is 0. The van der Waals surface area contributed by atoms with Gasteiger partial charge in [-0.25, -0.2) is 4.98 Å². The fourth-order valence-electron chi connectivity index (χ4n) is 1.28. The van der Waals surface area contributed by atoms with E-state index in [1.165, 1.54) is 0 Å². The van der Waals surface area contributed by atoms with Crippen LogP contribution in [0.1, 0.15) is 12.5 Å². The van der Waals surface area contributed by atoms with Crippen molar-refractivity contribution in [3.05, 3.63) is 23.9 Å². The predicted octanol–water partition coefficient (Wildman–Crippen LogP) is 0.208. The molecule has 62 valence electrons. The zero-order valence-electron chi connectivity index (χ0n) is 6.66. The maximum Gasteiger partial charge on any atom is 0.250 e. The molecule has 3 N–H and O–H groups in total. The van der Waals surface area contributed by atoms with Gasteiger partial charge in [0.1, 0.15) is 11.4 Å². The van der Waals surface area contributed by atoms with Crippen LogP contribution in [0.2, 0.25) is 0 Å². The van der Waals surface area contributed by atoms with Crippen LogP contribution in [0.3, 0.4) is 0 Å². The van der Waals surface area contributed by atoms with Crippen molar-refractivity contribution < 1.29 is 4.79 Å². The highest BCUT2D eigenvalue weighted by Gasteiger charge is 2.39. The molecule has 1 unspecified atom stereocenters. The van der Waals surface area contributed by atoms with Gasteiger partial charge in [0.15, 0.2) is 0 Å². The third-order valence-corrected chi connectivity index (χ3v) is 2.07. The van der Waals surface area contributed by atoms with Crippen LogP contribution in [0.5, 0.6) is 0 Å². The average molecular weight is 163 g/mol. The lowest BCUT2D eigenvalue weighted by molar-refractivity contribution is -0.120. The highest BCUT2D eigenvalue weighted by Crippen LogP contribution is 2.30. The number of nitrogens with two attached hydrogens (primary N) is 1. The number of hydrogen-bond donors (Lipinski definition) is 2. The standard InChI is InChI=1S/C8H9N3O/c1-8(9)5-3-2-4-10-6(5)11-7(8)12/h2-4H,9H2,1H3,(H,10,11,12). The normalized spacial score (nSPS) is 26.7. The van der Waals surface area contributed by atoms with E-state index >= 15 is 0 Å². The number of nitrogens with zero attached hydrogens (tertiary/aromatic N) is 1. The van der Waals surface area contributed by atoms with Gasteiger partial charge in [0.05, 0.1) is 0 Å². The first-order chi connectivity index (χ1) is 5.62. The van der Waals surface area contributed by atoms with E-state index in [1.54, 1.807) is 25.3 Å². The maximum absolute atomic E-state index is 11.3. The summed E-state index contributed by atoms with van der Waals surface area (Å²) in [4.78, 5) is 15.3. The highest BCUT2D eigenvalue weighted by atomic mass is 16.2. The first-order valence-electron chi connectivity index (χ1n) is 3.68. The van der Waals surface area contributed by atoms with E-state index in [9.17, 15) is 4.79 Å². The SMILES string of the molecule is CC1(N)C(=O)Nc2ncccc21. The third-order valence-electron chi connectivity index (χ3n) is 2.07. The summed E-state index contributed by atoms with van der Waals surface area (Å²) < 4.78 is 0. The number of pyridine rings is 1.